The van der Waals surface area contributed by atoms with Gasteiger partial charge in [-0.3, -0.25) is 0 Å². The Hall–Kier alpha value is -1.45. The van der Waals surface area contributed by atoms with Crippen LogP contribution in [-0.2, 0) is 12.0 Å². The van der Waals surface area contributed by atoms with Crippen molar-refractivity contribution in [2.24, 2.45) is 5.73 Å². The van der Waals surface area contributed by atoms with E-state index in [9.17, 15) is 8.78 Å². The maximum Gasteiger partial charge on any atom is 0.126 e. The van der Waals surface area contributed by atoms with Crippen molar-refractivity contribution in [3.8, 4) is 0 Å². The summed E-state index contributed by atoms with van der Waals surface area (Å²) in [7, 11) is 0. The van der Waals surface area contributed by atoms with Crippen molar-refractivity contribution >= 4 is 11.6 Å². The quantitative estimate of drug-likeness (QED) is 0.903. The number of rotatable bonds is 3. The highest BCUT2D eigenvalue weighted by atomic mass is 35.5. The number of benzene rings is 2. The fourth-order valence-electron chi connectivity index (χ4n) is 2.02. The van der Waals surface area contributed by atoms with Crippen molar-refractivity contribution in [3.05, 3.63) is 70.2 Å². The number of halogens is 3. The Morgan fingerprint density at radius 3 is 2.58 bits per heavy atom. The molecular formula is C15H14ClF2N. The van der Waals surface area contributed by atoms with Crippen LogP contribution in [0.5, 0.6) is 0 Å². The Morgan fingerprint density at radius 1 is 1.16 bits per heavy atom. The molecule has 1 atom stereocenters. The van der Waals surface area contributed by atoms with Gasteiger partial charge in [-0.05, 0) is 54.8 Å². The molecule has 0 saturated heterocycles. The predicted molar refractivity (Wildman–Crippen MR) is 73.1 cm³/mol. The number of hydrogen-bond donors (Lipinski definition) is 1. The molecule has 0 aromatic heterocycles. The molecule has 0 aliphatic rings. The molecule has 0 fully saturated rings. The molecule has 0 aliphatic heterocycles. The molecule has 100 valence electrons. The van der Waals surface area contributed by atoms with E-state index in [2.05, 4.69) is 0 Å². The smallest absolute Gasteiger partial charge is 0.126 e. The van der Waals surface area contributed by atoms with E-state index in [1.54, 1.807) is 25.1 Å². The molecule has 4 heteroatoms. The molecule has 2 rings (SSSR count). The summed E-state index contributed by atoms with van der Waals surface area (Å²) in [5.41, 5.74) is 6.35. The van der Waals surface area contributed by atoms with Gasteiger partial charge in [-0.2, -0.15) is 0 Å². The molecule has 2 N–H and O–H groups in total. The van der Waals surface area contributed by atoms with Gasteiger partial charge in [0.25, 0.3) is 0 Å². The van der Waals surface area contributed by atoms with Gasteiger partial charge in [-0.25, -0.2) is 8.78 Å². The van der Waals surface area contributed by atoms with Crippen molar-refractivity contribution in [2.75, 3.05) is 0 Å². The molecule has 0 saturated carbocycles. The first-order chi connectivity index (χ1) is 8.88. The molecule has 1 unspecified atom stereocenters. The summed E-state index contributed by atoms with van der Waals surface area (Å²) in [6.07, 6.45) is 0.239. The zero-order valence-corrected chi connectivity index (χ0v) is 11.2. The van der Waals surface area contributed by atoms with E-state index in [0.29, 0.717) is 16.1 Å². The molecular weight excluding hydrogens is 268 g/mol. The van der Waals surface area contributed by atoms with E-state index in [1.165, 1.54) is 24.3 Å². The number of hydrogen-bond acceptors (Lipinski definition) is 1. The summed E-state index contributed by atoms with van der Waals surface area (Å²) in [6, 6.07) is 10.4. The largest absolute Gasteiger partial charge is 0.321 e. The van der Waals surface area contributed by atoms with Gasteiger partial charge in [0.1, 0.15) is 11.6 Å². The van der Waals surface area contributed by atoms with Crippen LogP contribution in [-0.4, -0.2) is 0 Å². The van der Waals surface area contributed by atoms with E-state index in [4.69, 9.17) is 17.3 Å². The van der Waals surface area contributed by atoms with Crippen LogP contribution in [0, 0.1) is 11.6 Å². The van der Waals surface area contributed by atoms with Crippen molar-refractivity contribution in [1.82, 2.24) is 0 Å². The highest BCUT2D eigenvalue weighted by molar-refractivity contribution is 6.30. The first kappa shape index (κ1) is 14.0. The lowest BCUT2D eigenvalue weighted by Crippen LogP contribution is -2.35. The molecule has 0 heterocycles. The predicted octanol–water partition coefficient (Wildman–Crippen LogP) is 4.03. The van der Waals surface area contributed by atoms with Crippen LogP contribution in [0.3, 0.4) is 0 Å². The van der Waals surface area contributed by atoms with Gasteiger partial charge in [0, 0.05) is 10.6 Å². The molecule has 0 spiro atoms. The highest BCUT2D eigenvalue weighted by Gasteiger charge is 2.23. The van der Waals surface area contributed by atoms with E-state index >= 15 is 0 Å². The van der Waals surface area contributed by atoms with Gasteiger partial charge >= 0.3 is 0 Å². The molecule has 0 amide bonds. The minimum atomic E-state index is -0.867. The second kappa shape index (κ2) is 5.27. The van der Waals surface area contributed by atoms with Crippen molar-refractivity contribution in [1.29, 1.82) is 0 Å². The van der Waals surface area contributed by atoms with Gasteiger partial charge in [-0.1, -0.05) is 23.7 Å². The van der Waals surface area contributed by atoms with Crippen molar-refractivity contribution in [2.45, 2.75) is 18.9 Å². The SMILES string of the molecule is CC(N)(Cc1cc(Cl)ccc1F)c1cccc(F)c1. The second-order valence-corrected chi connectivity index (χ2v) is 5.28. The lowest BCUT2D eigenvalue weighted by Gasteiger charge is -2.25. The van der Waals surface area contributed by atoms with Gasteiger partial charge in [0.05, 0.1) is 0 Å². The minimum Gasteiger partial charge on any atom is -0.321 e. The zero-order chi connectivity index (χ0) is 14.0. The van der Waals surface area contributed by atoms with E-state index in [-0.39, 0.29) is 18.1 Å². The van der Waals surface area contributed by atoms with Crippen LogP contribution in [0.4, 0.5) is 8.78 Å². The summed E-state index contributed by atoms with van der Waals surface area (Å²) in [5, 5.41) is 0.450. The third-order valence-corrected chi connectivity index (χ3v) is 3.28. The maximum absolute atomic E-state index is 13.7. The second-order valence-electron chi connectivity index (χ2n) is 4.84. The average Bonchev–Trinajstić information content (AvgIpc) is 2.33. The van der Waals surface area contributed by atoms with Crippen LogP contribution < -0.4 is 5.73 Å². The highest BCUT2D eigenvalue weighted by Crippen LogP contribution is 2.26. The fourth-order valence-corrected chi connectivity index (χ4v) is 2.21. The van der Waals surface area contributed by atoms with Crippen LogP contribution in [0.15, 0.2) is 42.5 Å². The standard InChI is InChI=1S/C15H14ClF2N/c1-15(19,11-3-2-4-13(17)8-11)9-10-7-12(16)5-6-14(10)18/h2-8H,9,19H2,1H3. The molecule has 0 radical (unpaired) electrons. The molecule has 0 bridgehead atoms. The first-order valence-electron chi connectivity index (χ1n) is 5.87. The summed E-state index contributed by atoms with van der Waals surface area (Å²) >= 11 is 5.85. The maximum atomic E-state index is 13.7. The lowest BCUT2D eigenvalue weighted by atomic mass is 9.86. The monoisotopic (exact) mass is 281 g/mol. The van der Waals surface area contributed by atoms with Crippen molar-refractivity contribution in [3.63, 3.8) is 0 Å². The lowest BCUT2D eigenvalue weighted by molar-refractivity contribution is 0.471. The van der Waals surface area contributed by atoms with Crippen LogP contribution in [0.2, 0.25) is 5.02 Å². The molecule has 2 aromatic rings. The van der Waals surface area contributed by atoms with Gasteiger partial charge in [0.2, 0.25) is 0 Å². The van der Waals surface area contributed by atoms with Crippen LogP contribution in [0.25, 0.3) is 0 Å². The zero-order valence-electron chi connectivity index (χ0n) is 10.5. The van der Waals surface area contributed by atoms with Gasteiger partial charge in [-0.15, -0.1) is 0 Å². The first-order valence-corrected chi connectivity index (χ1v) is 6.25. The summed E-state index contributed by atoms with van der Waals surface area (Å²) in [6.45, 7) is 1.74. The normalized spacial score (nSPS) is 14.2. The molecule has 19 heavy (non-hydrogen) atoms. The van der Waals surface area contributed by atoms with E-state index in [0.717, 1.165) is 0 Å². The Balaban J connectivity index is 2.33. The Morgan fingerprint density at radius 2 is 1.89 bits per heavy atom. The van der Waals surface area contributed by atoms with Gasteiger partial charge < -0.3 is 5.73 Å². The number of nitrogens with two attached hydrogens (primary N) is 1. The fraction of sp³-hybridized carbons (Fsp3) is 0.200. The Labute approximate surface area is 116 Å². The molecule has 0 aliphatic carbocycles. The van der Waals surface area contributed by atoms with Crippen LogP contribution in [0.1, 0.15) is 18.1 Å². The third kappa shape index (κ3) is 3.31. The topological polar surface area (TPSA) is 26.0 Å². The van der Waals surface area contributed by atoms with E-state index in [1.807, 2.05) is 0 Å². The van der Waals surface area contributed by atoms with Crippen LogP contribution >= 0.6 is 11.6 Å². The third-order valence-electron chi connectivity index (χ3n) is 3.05. The van der Waals surface area contributed by atoms with E-state index < -0.39 is 5.54 Å². The minimum absolute atomic E-state index is 0.239. The summed E-state index contributed by atoms with van der Waals surface area (Å²) < 4.78 is 26.9. The molecule has 1 nitrogen and oxygen atoms in total. The Bertz CT molecular complexity index is 596. The average molecular weight is 282 g/mol. The van der Waals surface area contributed by atoms with Gasteiger partial charge in [0.15, 0.2) is 0 Å². The molecule has 2 aromatic carbocycles. The summed E-state index contributed by atoms with van der Waals surface area (Å²) in [4.78, 5) is 0. The summed E-state index contributed by atoms with van der Waals surface area (Å²) in [5.74, 6) is -0.724. The Kier molecular flexibility index (Phi) is 3.88. The van der Waals surface area contributed by atoms with Crippen molar-refractivity contribution < 1.29 is 8.78 Å².